The van der Waals surface area contributed by atoms with E-state index in [1.165, 1.54) is 12.8 Å². The van der Waals surface area contributed by atoms with Crippen LogP contribution >= 0.6 is 0 Å². The summed E-state index contributed by atoms with van der Waals surface area (Å²) in [5.74, 6) is 0.306. The Morgan fingerprint density at radius 2 is 2.17 bits per heavy atom. The van der Waals surface area contributed by atoms with Gasteiger partial charge in [-0.2, -0.15) is 15.0 Å². The molecule has 0 aromatic carbocycles. The fraction of sp³-hybridized carbons (Fsp3) is 0.750. The summed E-state index contributed by atoms with van der Waals surface area (Å²) in [5, 5.41) is 3.49. The zero-order chi connectivity index (χ0) is 20.6. The minimum absolute atomic E-state index is 0.0307. The van der Waals surface area contributed by atoms with E-state index in [1.807, 2.05) is 11.5 Å². The molecule has 2 atom stereocenters. The molecule has 0 radical (unpaired) electrons. The monoisotopic (exact) mass is 406 g/mol. The van der Waals surface area contributed by atoms with E-state index in [0.717, 1.165) is 45.4 Å². The van der Waals surface area contributed by atoms with Gasteiger partial charge >= 0.3 is 6.01 Å². The fourth-order valence-corrected chi connectivity index (χ4v) is 3.66. The third-order valence-corrected chi connectivity index (χ3v) is 5.15. The number of rotatable bonds is 12. The molecule has 3 rings (SSSR count). The molecule has 2 aromatic rings. The normalized spacial score (nSPS) is 17.7. The average molecular weight is 407 g/mol. The number of hydrogen-bond donors (Lipinski definition) is 2. The van der Waals surface area contributed by atoms with Gasteiger partial charge < -0.3 is 25.3 Å². The third-order valence-electron chi connectivity index (χ3n) is 5.15. The second-order valence-corrected chi connectivity index (χ2v) is 7.56. The summed E-state index contributed by atoms with van der Waals surface area (Å²) in [5.41, 5.74) is 7.30. The van der Waals surface area contributed by atoms with Crippen LogP contribution < -0.4 is 20.5 Å². The van der Waals surface area contributed by atoms with E-state index >= 15 is 0 Å². The number of aryl methyl sites for hydroxylation is 1. The molecule has 0 amide bonds. The van der Waals surface area contributed by atoms with Gasteiger partial charge in [-0.3, -0.25) is 4.57 Å². The molecular weight excluding hydrogens is 372 g/mol. The van der Waals surface area contributed by atoms with Crippen molar-refractivity contribution in [2.45, 2.75) is 71.1 Å². The largest absolute Gasteiger partial charge is 0.468 e. The predicted octanol–water partition coefficient (Wildman–Crippen LogP) is 2.53. The Balaban J connectivity index is 1.61. The van der Waals surface area contributed by atoms with E-state index in [2.05, 4.69) is 27.2 Å². The standard InChI is InChI=1S/C20H34N6O3/c1-4-7-14(2)29-19-24-17(21)16-18(25-19)26(20(23-16)27-3)12-6-10-22-11-9-15-8-5-13-28-15/h14-15,22H,4-13H2,1-3H3,(H2,21,24,25). The summed E-state index contributed by atoms with van der Waals surface area (Å²) < 4.78 is 18.9. The molecule has 1 aliphatic heterocycles. The van der Waals surface area contributed by atoms with Gasteiger partial charge in [0.15, 0.2) is 17.0 Å². The molecule has 3 heterocycles. The minimum Gasteiger partial charge on any atom is -0.468 e. The van der Waals surface area contributed by atoms with Crippen molar-refractivity contribution in [3.63, 3.8) is 0 Å². The molecule has 9 heteroatoms. The van der Waals surface area contributed by atoms with Crippen LogP contribution in [0.1, 0.15) is 52.4 Å². The Morgan fingerprint density at radius 1 is 1.31 bits per heavy atom. The van der Waals surface area contributed by atoms with Gasteiger partial charge in [0.1, 0.15) is 0 Å². The summed E-state index contributed by atoms with van der Waals surface area (Å²) in [6, 6.07) is 0.772. The van der Waals surface area contributed by atoms with E-state index in [0.29, 0.717) is 35.6 Å². The van der Waals surface area contributed by atoms with Crippen molar-refractivity contribution in [3.8, 4) is 12.0 Å². The molecule has 3 N–H and O–H groups in total. The van der Waals surface area contributed by atoms with E-state index in [1.54, 1.807) is 7.11 Å². The van der Waals surface area contributed by atoms with Crippen LogP contribution in [0.25, 0.3) is 11.2 Å². The number of nitrogens with two attached hydrogens (primary N) is 1. The number of nitrogen functional groups attached to an aromatic ring is 1. The number of imidazole rings is 1. The van der Waals surface area contributed by atoms with Gasteiger partial charge in [-0.05, 0) is 52.1 Å². The number of fused-ring (bicyclic) bond motifs is 1. The molecule has 0 aliphatic carbocycles. The van der Waals surface area contributed by atoms with Gasteiger partial charge in [-0.1, -0.05) is 13.3 Å². The van der Waals surface area contributed by atoms with Gasteiger partial charge in [0.25, 0.3) is 6.01 Å². The van der Waals surface area contributed by atoms with E-state index in [4.69, 9.17) is 19.9 Å². The quantitative estimate of drug-likeness (QED) is 0.518. The minimum atomic E-state index is 0.0307. The molecule has 1 aliphatic rings. The number of anilines is 1. The Bertz CT molecular complexity index is 775. The first-order chi connectivity index (χ1) is 14.1. The smallest absolute Gasteiger partial charge is 0.320 e. The molecular formula is C20H34N6O3. The highest BCUT2D eigenvalue weighted by atomic mass is 16.5. The molecule has 2 aromatic heterocycles. The van der Waals surface area contributed by atoms with Crippen molar-refractivity contribution in [2.75, 3.05) is 32.5 Å². The highest BCUT2D eigenvalue weighted by molar-refractivity contribution is 5.83. The second-order valence-electron chi connectivity index (χ2n) is 7.56. The SMILES string of the molecule is CCCC(C)Oc1nc(N)c2nc(OC)n(CCCNCCC3CCCO3)c2n1. The van der Waals surface area contributed by atoms with Gasteiger partial charge in [0.2, 0.25) is 0 Å². The van der Waals surface area contributed by atoms with Crippen LogP contribution in [0, 0.1) is 0 Å². The summed E-state index contributed by atoms with van der Waals surface area (Å²) in [7, 11) is 1.60. The Labute approximate surface area is 172 Å². The van der Waals surface area contributed by atoms with Crippen LogP contribution in [0.5, 0.6) is 12.0 Å². The second kappa shape index (κ2) is 10.6. The lowest BCUT2D eigenvalue weighted by Gasteiger charge is -2.13. The van der Waals surface area contributed by atoms with Crippen LogP contribution in [0.15, 0.2) is 0 Å². The van der Waals surface area contributed by atoms with Crippen LogP contribution in [-0.2, 0) is 11.3 Å². The Kier molecular flexibility index (Phi) is 7.88. The molecule has 0 bridgehead atoms. The van der Waals surface area contributed by atoms with Crippen molar-refractivity contribution >= 4 is 17.0 Å². The molecule has 29 heavy (non-hydrogen) atoms. The summed E-state index contributed by atoms with van der Waals surface area (Å²) in [4.78, 5) is 13.3. The van der Waals surface area contributed by atoms with Crippen molar-refractivity contribution in [2.24, 2.45) is 0 Å². The number of aromatic nitrogens is 4. The molecule has 0 saturated carbocycles. The van der Waals surface area contributed by atoms with Gasteiger partial charge in [-0.25, -0.2) is 0 Å². The molecule has 2 unspecified atom stereocenters. The third kappa shape index (κ3) is 5.70. The number of ether oxygens (including phenoxy) is 3. The van der Waals surface area contributed by atoms with E-state index in [9.17, 15) is 0 Å². The van der Waals surface area contributed by atoms with Crippen LogP contribution in [0.2, 0.25) is 0 Å². The van der Waals surface area contributed by atoms with Crippen molar-refractivity contribution in [3.05, 3.63) is 0 Å². The van der Waals surface area contributed by atoms with Gasteiger partial charge in [0, 0.05) is 13.2 Å². The highest BCUT2D eigenvalue weighted by Gasteiger charge is 2.19. The predicted molar refractivity (Wildman–Crippen MR) is 112 cm³/mol. The lowest BCUT2D eigenvalue weighted by molar-refractivity contribution is 0.104. The maximum absolute atomic E-state index is 6.11. The lowest BCUT2D eigenvalue weighted by Crippen LogP contribution is -2.22. The van der Waals surface area contributed by atoms with Crippen molar-refractivity contribution in [1.82, 2.24) is 24.8 Å². The molecule has 1 saturated heterocycles. The summed E-state index contributed by atoms with van der Waals surface area (Å²) >= 11 is 0. The zero-order valence-electron chi connectivity index (χ0n) is 17.8. The number of hydrogen-bond acceptors (Lipinski definition) is 8. The Hall–Kier alpha value is -2.13. The number of nitrogens with one attached hydrogen (secondary N) is 1. The topological polar surface area (TPSA) is 109 Å². The highest BCUT2D eigenvalue weighted by Crippen LogP contribution is 2.26. The lowest BCUT2D eigenvalue weighted by atomic mass is 10.2. The summed E-state index contributed by atoms with van der Waals surface area (Å²) in [6.45, 7) is 7.61. The van der Waals surface area contributed by atoms with Crippen LogP contribution in [0.4, 0.5) is 5.82 Å². The number of methoxy groups -OCH3 is 1. The van der Waals surface area contributed by atoms with Crippen molar-refractivity contribution < 1.29 is 14.2 Å². The van der Waals surface area contributed by atoms with E-state index < -0.39 is 0 Å². The Morgan fingerprint density at radius 3 is 2.90 bits per heavy atom. The molecule has 162 valence electrons. The molecule has 0 spiro atoms. The fourth-order valence-electron chi connectivity index (χ4n) is 3.66. The van der Waals surface area contributed by atoms with Gasteiger partial charge in [-0.15, -0.1) is 0 Å². The summed E-state index contributed by atoms with van der Waals surface area (Å²) in [6.07, 6.45) is 6.77. The molecule has 9 nitrogen and oxygen atoms in total. The maximum atomic E-state index is 6.11. The first-order valence-corrected chi connectivity index (χ1v) is 10.7. The average Bonchev–Trinajstić information content (AvgIpc) is 3.33. The molecule has 1 fully saturated rings. The first-order valence-electron chi connectivity index (χ1n) is 10.7. The first kappa shape index (κ1) is 21.6. The number of nitrogens with zero attached hydrogens (tertiary/aromatic N) is 4. The van der Waals surface area contributed by atoms with E-state index in [-0.39, 0.29) is 12.1 Å². The zero-order valence-corrected chi connectivity index (χ0v) is 17.8. The van der Waals surface area contributed by atoms with Crippen molar-refractivity contribution in [1.29, 1.82) is 0 Å². The van der Waals surface area contributed by atoms with Crippen LogP contribution in [0.3, 0.4) is 0 Å². The maximum Gasteiger partial charge on any atom is 0.320 e. The van der Waals surface area contributed by atoms with Crippen LogP contribution in [-0.4, -0.2) is 58.5 Å². The van der Waals surface area contributed by atoms with Gasteiger partial charge in [0.05, 0.1) is 19.3 Å².